The highest BCUT2D eigenvalue weighted by Gasteiger charge is 2.17. The zero-order chi connectivity index (χ0) is 21.0. The lowest BCUT2D eigenvalue weighted by Crippen LogP contribution is -2.11. The van der Waals surface area contributed by atoms with E-state index in [0.29, 0.717) is 22.9 Å². The Morgan fingerprint density at radius 1 is 1.07 bits per heavy atom. The number of thiazole rings is 1. The van der Waals surface area contributed by atoms with E-state index in [9.17, 15) is 13.2 Å². The molecule has 6 nitrogen and oxygen atoms in total. The van der Waals surface area contributed by atoms with Gasteiger partial charge in [-0.3, -0.25) is 4.79 Å². The maximum absolute atomic E-state index is 12.7. The van der Waals surface area contributed by atoms with Crippen LogP contribution in [-0.4, -0.2) is 31.7 Å². The minimum absolute atomic E-state index is 0.0348. The molecule has 3 aromatic rings. The van der Waals surface area contributed by atoms with Crippen molar-refractivity contribution in [1.29, 1.82) is 0 Å². The number of aryl methyl sites for hydroxylation is 1. The third-order valence-corrected chi connectivity index (χ3v) is 7.22. The lowest BCUT2D eigenvalue weighted by atomic mass is 10.2. The quantitative estimate of drug-likeness (QED) is 0.594. The number of nitrogens with one attached hydrogen (secondary N) is 1. The number of benzene rings is 2. The van der Waals surface area contributed by atoms with Crippen molar-refractivity contribution in [3.63, 3.8) is 0 Å². The molecule has 0 spiro atoms. The summed E-state index contributed by atoms with van der Waals surface area (Å²) in [6, 6.07) is 13.8. The minimum Gasteiger partial charge on any atom is -0.494 e. The van der Waals surface area contributed by atoms with Crippen molar-refractivity contribution in [2.24, 2.45) is 0 Å². The standard InChI is InChI=1S/C21H22N2O4S2/c1-4-27-17-10-6-15(7-11-17)21-22-14(3)19(28-21)20(24)23-16-8-12-18(13-9-16)29(25,26)5-2/h6-13H,4-5H2,1-3H3,(H,23,24). The molecule has 0 aliphatic heterocycles. The third kappa shape index (κ3) is 4.83. The Balaban J connectivity index is 1.76. The van der Waals surface area contributed by atoms with Gasteiger partial charge in [0.05, 0.1) is 22.9 Å². The fourth-order valence-electron chi connectivity index (χ4n) is 2.69. The largest absolute Gasteiger partial charge is 0.494 e. The average molecular weight is 431 g/mol. The second kappa shape index (κ2) is 8.75. The van der Waals surface area contributed by atoms with Gasteiger partial charge in [0.1, 0.15) is 15.6 Å². The smallest absolute Gasteiger partial charge is 0.267 e. The Labute approximate surface area is 174 Å². The van der Waals surface area contributed by atoms with Gasteiger partial charge in [0.25, 0.3) is 5.91 Å². The van der Waals surface area contributed by atoms with Crippen LogP contribution in [0.2, 0.25) is 0 Å². The number of carbonyl (C=O) groups is 1. The SMILES string of the molecule is CCOc1ccc(-c2nc(C)c(C(=O)Nc3ccc(S(=O)(=O)CC)cc3)s2)cc1. The van der Waals surface area contributed by atoms with E-state index < -0.39 is 9.84 Å². The molecule has 152 valence electrons. The zero-order valence-electron chi connectivity index (χ0n) is 16.4. The molecule has 0 atom stereocenters. The second-order valence-electron chi connectivity index (χ2n) is 6.27. The summed E-state index contributed by atoms with van der Waals surface area (Å²) in [5.41, 5.74) is 2.08. The van der Waals surface area contributed by atoms with E-state index >= 15 is 0 Å². The highest BCUT2D eigenvalue weighted by Crippen LogP contribution is 2.30. The molecule has 8 heteroatoms. The molecule has 29 heavy (non-hydrogen) atoms. The number of carbonyl (C=O) groups excluding carboxylic acids is 1. The van der Waals surface area contributed by atoms with Crippen molar-refractivity contribution in [3.8, 4) is 16.3 Å². The molecule has 0 saturated heterocycles. The zero-order valence-corrected chi connectivity index (χ0v) is 18.1. The summed E-state index contributed by atoms with van der Waals surface area (Å²) < 4.78 is 29.2. The molecule has 0 fully saturated rings. The van der Waals surface area contributed by atoms with E-state index in [2.05, 4.69) is 10.3 Å². The van der Waals surface area contributed by atoms with Crippen LogP contribution in [0.5, 0.6) is 5.75 Å². The molecule has 1 aromatic heterocycles. The van der Waals surface area contributed by atoms with E-state index in [0.717, 1.165) is 16.3 Å². The van der Waals surface area contributed by atoms with E-state index in [4.69, 9.17) is 4.74 Å². The molecule has 1 amide bonds. The van der Waals surface area contributed by atoms with Gasteiger partial charge in [-0.15, -0.1) is 11.3 Å². The number of nitrogens with zero attached hydrogens (tertiary/aromatic N) is 1. The average Bonchev–Trinajstić information content (AvgIpc) is 3.11. The molecule has 2 aromatic carbocycles. The first-order chi connectivity index (χ1) is 13.8. The molecule has 0 radical (unpaired) electrons. The second-order valence-corrected chi connectivity index (χ2v) is 9.55. The monoisotopic (exact) mass is 430 g/mol. The fourth-order valence-corrected chi connectivity index (χ4v) is 4.54. The molecule has 0 unspecified atom stereocenters. The van der Waals surface area contributed by atoms with Gasteiger partial charge in [-0.25, -0.2) is 13.4 Å². The summed E-state index contributed by atoms with van der Waals surface area (Å²) in [4.78, 5) is 17.9. The Bertz CT molecular complexity index is 1100. The summed E-state index contributed by atoms with van der Waals surface area (Å²) in [7, 11) is -3.27. The van der Waals surface area contributed by atoms with E-state index in [1.165, 1.54) is 23.5 Å². The topological polar surface area (TPSA) is 85.4 Å². The highest BCUT2D eigenvalue weighted by atomic mass is 32.2. The molecular formula is C21H22N2O4S2. The van der Waals surface area contributed by atoms with Crippen LogP contribution in [0.3, 0.4) is 0 Å². The summed E-state index contributed by atoms with van der Waals surface area (Å²) >= 11 is 1.31. The van der Waals surface area contributed by atoms with Gasteiger partial charge in [-0.2, -0.15) is 0 Å². The number of hydrogen-bond donors (Lipinski definition) is 1. The maximum atomic E-state index is 12.7. The molecule has 0 bridgehead atoms. The first-order valence-electron chi connectivity index (χ1n) is 9.19. The van der Waals surface area contributed by atoms with Gasteiger partial charge in [-0.1, -0.05) is 6.92 Å². The van der Waals surface area contributed by atoms with Crippen molar-refractivity contribution in [3.05, 3.63) is 59.1 Å². The van der Waals surface area contributed by atoms with Crippen LogP contribution in [0, 0.1) is 6.92 Å². The van der Waals surface area contributed by atoms with Gasteiger partial charge in [-0.05, 0) is 62.4 Å². The van der Waals surface area contributed by atoms with Crippen LogP contribution in [0.25, 0.3) is 10.6 Å². The molecular weight excluding hydrogens is 408 g/mol. The normalized spacial score (nSPS) is 11.3. The molecule has 1 N–H and O–H groups in total. The van der Waals surface area contributed by atoms with Crippen LogP contribution in [0.15, 0.2) is 53.4 Å². The molecule has 1 heterocycles. The van der Waals surface area contributed by atoms with Crippen molar-refractivity contribution >= 4 is 32.8 Å². The Morgan fingerprint density at radius 2 is 1.72 bits per heavy atom. The number of ether oxygens (including phenoxy) is 1. The van der Waals surface area contributed by atoms with Gasteiger partial charge in [0, 0.05) is 11.3 Å². The lowest BCUT2D eigenvalue weighted by Gasteiger charge is -2.06. The van der Waals surface area contributed by atoms with E-state index in [-0.39, 0.29) is 16.6 Å². The van der Waals surface area contributed by atoms with Crippen LogP contribution >= 0.6 is 11.3 Å². The van der Waals surface area contributed by atoms with Crippen molar-refractivity contribution in [2.75, 3.05) is 17.7 Å². The molecule has 0 saturated carbocycles. The number of rotatable bonds is 7. The number of aromatic nitrogens is 1. The first kappa shape index (κ1) is 21.0. The van der Waals surface area contributed by atoms with Crippen molar-refractivity contribution in [1.82, 2.24) is 4.98 Å². The van der Waals surface area contributed by atoms with Gasteiger partial charge < -0.3 is 10.1 Å². The van der Waals surface area contributed by atoms with Gasteiger partial charge >= 0.3 is 0 Å². The molecule has 0 aliphatic rings. The van der Waals surface area contributed by atoms with Crippen LogP contribution in [-0.2, 0) is 9.84 Å². The predicted octanol–water partition coefficient (Wildman–Crippen LogP) is 4.56. The van der Waals surface area contributed by atoms with Crippen LogP contribution in [0.4, 0.5) is 5.69 Å². The highest BCUT2D eigenvalue weighted by molar-refractivity contribution is 7.91. The summed E-state index contributed by atoms with van der Waals surface area (Å²) in [5.74, 6) is 0.548. The van der Waals surface area contributed by atoms with E-state index in [1.807, 2.05) is 31.2 Å². The Morgan fingerprint density at radius 3 is 2.31 bits per heavy atom. The summed E-state index contributed by atoms with van der Waals surface area (Å²) in [6.07, 6.45) is 0. The number of anilines is 1. The number of hydrogen-bond acceptors (Lipinski definition) is 6. The summed E-state index contributed by atoms with van der Waals surface area (Å²) in [5, 5.41) is 3.55. The minimum atomic E-state index is -3.27. The fraction of sp³-hybridized carbons (Fsp3) is 0.238. The first-order valence-corrected chi connectivity index (χ1v) is 11.7. The molecule has 0 aliphatic carbocycles. The van der Waals surface area contributed by atoms with Crippen molar-refractivity contribution in [2.45, 2.75) is 25.7 Å². The number of amides is 1. The summed E-state index contributed by atoms with van der Waals surface area (Å²) in [6.45, 7) is 5.92. The Kier molecular flexibility index (Phi) is 6.34. The Hall–Kier alpha value is -2.71. The molecule has 3 rings (SSSR count). The van der Waals surface area contributed by atoms with Crippen molar-refractivity contribution < 1.29 is 17.9 Å². The van der Waals surface area contributed by atoms with Gasteiger partial charge in [0.15, 0.2) is 9.84 Å². The third-order valence-electron chi connectivity index (χ3n) is 4.27. The maximum Gasteiger partial charge on any atom is 0.267 e. The van der Waals surface area contributed by atoms with E-state index in [1.54, 1.807) is 26.0 Å². The van der Waals surface area contributed by atoms with Crippen LogP contribution in [0.1, 0.15) is 29.2 Å². The number of sulfone groups is 1. The van der Waals surface area contributed by atoms with Gasteiger partial charge in [0.2, 0.25) is 0 Å². The predicted molar refractivity (Wildman–Crippen MR) is 116 cm³/mol. The van der Waals surface area contributed by atoms with Crippen LogP contribution < -0.4 is 10.1 Å². The lowest BCUT2D eigenvalue weighted by molar-refractivity contribution is 0.103.